The summed E-state index contributed by atoms with van der Waals surface area (Å²) in [6, 6.07) is 12.6. The highest BCUT2D eigenvalue weighted by Gasteiger charge is 2.05. The van der Waals surface area contributed by atoms with Crippen LogP contribution in [0.5, 0.6) is 0 Å². The van der Waals surface area contributed by atoms with E-state index in [0.717, 1.165) is 28.9 Å². The first-order chi connectivity index (χ1) is 8.24. The van der Waals surface area contributed by atoms with E-state index in [0.29, 0.717) is 0 Å². The van der Waals surface area contributed by atoms with Gasteiger partial charge in [-0.1, -0.05) is 37.6 Å². The first-order valence-corrected chi connectivity index (χ1v) is 5.93. The fourth-order valence-corrected chi connectivity index (χ4v) is 1.97. The van der Waals surface area contributed by atoms with Crippen molar-refractivity contribution in [1.29, 1.82) is 5.26 Å². The highest BCUT2D eigenvalue weighted by Crippen LogP contribution is 2.22. The van der Waals surface area contributed by atoms with E-state index in [1.165, 1.54) is 12.0 Å². The van der Waals surface area contributed by atoms with Crippen LogP contribution in [0.25, 0.3) is 11.3 Å². The number of nitrogens with one attached hydrogen (secondary N) is 1. The number of H-pyrrole nitrogens is 1. The van der Waals surface area contributed by atoms with E-state index in [1.807, 2.05) is 13.0 Å². The Morgan fingerprint density at radius 2 is 1.94 bits per heavy atom. The number of nitriles is 1. The summed E-state index contributed by atoms with van der Waals surface area (Å²) in [7, 11) is 0. The molecule has 0 bridgehead atoms. The summed E-state index contributed by atoms with van der Waals surface area (Å²) in [4.78, 5) is 3.24. The van der Waals surface area contributed by atoms with Crippen LogP contribution in [0.2, 0.25) is 0 Å². The first kappa shape index (κ1) is 11.5. The fraction of sp³-hybridized carbons (Fsp3) is 0.267. The lowest BCUT2D eigenvalue weighted by Gasteiger charge is -2.01. The second-order valence-corrected chi connectivity index (χ2v) is 4.28. The fourth-order valence-electron chi connectivity index (χ4n) is 1.97. The average molecular weight is 224 g/mol. The maximum absolute atomic E-state index is 8.92. The van der Waals surface area contributed by atoms with Gasteiger partial charge in [-0.25, -0.2) is 0 Å². The molecule has 2 rings (SSSR count). The van der Waals surface area contributed by atoms with Gasteiger partial charge in [0.2, 0.25) is 0 Å². The summed E-state index contributed by atoms with van der Waals surface area (Å²) < 4.78 is 0. The minimum atomic E-state index is 0.720. The van der Waals surface area contributed by atoms with Crippen molar-refractivity contribution in [2.24, 2.45) is 0 Å². The van der Waals surface area contributed by atoms with Crippen molar-refractivity contribution in [2.45, 2.75) is 26.7 Å². The third-order valence-electron chi connectivity index (χ3n) is 2.94. The molecular formula is C15H16N2. The molecule has 0 radical (unpaired) electrons. The minimum Gasteiger partial charge on any atom is -0.358 e. The molecule has 2 nitrogen and oxygen atoms in total. The maximum atomic E-state index is 8.92. The highest BCUT2D eigenvalue weighted by atomic mass is 14.7. The highest BCUT2D eigenvalue weighted by molar-refractivity contribution is 5.63. The van der Waals surface area contributed by atoms with Gasteiger partial charge in [0.25, 0.3) is 0 Å². The van der Waals surface area contributed by atoms with Crippen LogP contribution in [-0.2, 0) is 6.42 Å². The first-order valence-electron chi connectivity index (χ1n) is 5.93. The van der Waals surface area contributed by atoms with Crippen molar-refractivity contribution >= 4 is 0 Å². The Morgan fingerprint density at radius 1 is 1.24 bits per heavy atom. The van der Waals surface area contributed by atoms with E-state index in [9.17, 15) is 0 Å². The zero-order valence-corrected chi connectivity index (χ0v) is 10.2. The van der Waals surface area contributed by atoms with Gasteiger partial charge in [-0.05, 0) is 30.5 Å². The number of hydrogen-bond donors (Lipinski definition) is 1. The summed E-state index contributed by atoms with van der Waals surface area (Å²) in [5, 5.41) is 8.92. The molecule has 0 aliphatic carbocycles. The van der Waals surface area contributed by atoms with Crippen molar-refractivity contribution in [3.05, 3.63) is 47.2 Å². The van der Waals surface area contributed by atoms with Crippen LogP contribution in [0.4, 0.5) is 0 Å². The summed E-state index contributed by atoms with van der Waals surface area (Å²) in [6.45, 7) is 4.11. The van der Waals surface area contributed by atoms with Gasteiger partial charge in [0.05, 0.1) is 5.56 Å². The van der Waals surface area contributed by atoms with E-state index in [4.69, 9.17) is 5.26 Å². The van der Waals surface area contributed by atoms with Crippen molar-refractivity contribution < 1.29 is 0 Å². The summed E-state index contributed by atoms with van der Waals surface area (Å²) in [5.41, 5.74) is 5.16. The number of aromatic nitrogens is 1. The molecule has 1 aromatic carbocycles. The lowest BCUT2D eigenvalue weighted by Crippen LogP contribution is -1.83. The smallest absolute Gasteiger partial charge is 0.101 e. The molecule has 2 heteroatoms. The van der Waals surface area contributed by atoms with Gasteiger partial charge in [-0.2, -0.15) is 5.26 Å². The number of aryl methyl sites for hydroxylation is 2. The Labute approximate surface area is 102 Å². The van der Waals surface area contributed by atoms with Crippen LogP contribution in [0.3, 0.4) is 0 Å². The monoisotopic (exact) mass is 224 g/mol. The van der Waals surface area contributed by atoms with E-state index < -0.39 is 0 Å². The Balaban J connectivity index is 2.30. The quantitative estimate of drug-likeness (QED) is 0.846. The molecule has 0 saturated heterocycles. The summed E-state index contributed by atoms with van der Waals surface area (Å²) in [5.74, 6) is 0. The molecule has 1 N–H and O–H groups in total. The van der Waals surface area contributed by atoms with Crippen molar-refractivity contribution in [2.75, 3.05) is 0 Å². The number of rotatable bonds is 3. The molecule has 0 fully saturated rings. The molecule has 0 amide bonds. The molecule has 0 atom stereocenters. The molecule has 1 aromatic heterocycles. The van der Waals surface area contributed by atoms with Gasteiger partial charge < -0.3 is 4.98 Å². The average Bonchev–Trinajstić information content (AvgIpc) is 2.72. The van der Waals surface area contributed by atoms with Gasteiger partial charge in [-0.15, -0.1) is 0 Å². The molecule has 0 spiro atoms. The van der Waals surface area contributed by atoms with Crippen molar-refractivity contribution in [3.8, 4) is 17.3 Å². The van der Waals surface area contributed by atoms with Gasteiger partial charge in [0.1, 0.15) is 6.07 Å². The van der Waals surface area contributed by atoms with Crippen LogP contribution in [-0.4, -0.2) is 4.98 Å². The topological polar surface area (TPSA) is 39.6 Å². The molecule has 0 aliphatic rings. The van der Waals surface area contributed by atoms with E-state index in [2.05, 4.69) is 42.2 Å². The third kappa shape index (κ3) is 2.39. The summed E-state index contributed by atoms with van der Waals surface area (Å²) >= 11 is 0. The van der Waals surface area contributed by atoms with E-state index in [-0.39, 0.29) is 0 Å². The number of aromatic amines is 1. The Kier molecular flexibility index (Phi) is 3.30. The maximum Gasteiger partial charge on any atom is 0.101 e. The van der Waals surface area contributed by atoms with Crippen LogP contribution >= 0.6 is 0 Å². The third-order valence-corrected chi connectivity index (χ3v) is 2.94. The SMILES string of the molecule is CCCc1ccc(-c2cc(C#N)c(C)[nH]2)cc1. The normalized spacial score (nSPS) is 10.2. The van der Waals surface area contributed by atoms with Crippen LogP contribution in [0, 0.1) is 18.3 Å². The molecule has 0 saturated carbocycles. The molecule has 17 heavy (non-hydrogen) atoms. The predicted octanol–water partition coefficient (Wildman–Crippen LogP) is 3.81. The molecule has 1 heterocycles. The van der Waals surface area contributed by atoms with Crippen molar-refractivity contribution in [1.82, 2.24) is 4.98 Å². The minimum absolute atomic E-state index is 0.720. The Morgan fingerprint density at radius 3 is 2.47 bits per heavy atom. The van der Waals surface area contributed by atoms with Crippen LogP contribution in [0.1, 0.15) is 30.2 Å². The van der Waals surface area contributed by atoms with E-state index in [1.54, 1.807) is 0 Å². The molecule has 2 aromatic rings. The van der Waals surface area contributed by atoms with Gasteiger partial charge in [-0.3, -0.25) is 0 Å². The zero-order valence-electron chi connectivity index (χ0n) is 10.2. The van der Waals surface area contributed by atoms with Gasteiger partial charge in [0, 0.05) is 11.4 Å². The van der Waals surface area contributed by atoms with Crippen LogP contribution in [0.15, 0.2) is 30.3 Å². The number of benzene rings is 1. The Hall–Kier alpha value is -2.01. The molecule has 0 aliphatic heterocycles. The largest absolute Gasteiger partial charge is 0.358 e. The Bertz CT molecular complexity index is 541. The van der Waals surface area contributed by atoms with Crippen LogP contribution < -0.4 is 0 Å². The lowest BCUT2D eigenvalue weighted by molar-refractivity contribution is 0.922. The second-order valence-electron chi connectivity index (χ2n) is 4.28. The standard InChI is InChI=1S/C15H16N2/c1-3-4-12-5-7-13(8-6-12)15-9-14(10-16)11(2)17-15/h5-9,17H,3-4H2,1-2H3. The lowest BCUT2D eigenvalue weighted by atomic mass is 10.1. The van der Waals surface area contributed by atoms with E-state index >= 15 is 0 Å². The van der Waals surface area contributed by atoms with Gasteiger partial charge in [0.15, 0.2) is 0 Å². The van der Waals surface area contributed by atoms with Crippen molar-refractivity contribution in [3.63, 3.8) is 0 Å². The summed E-state index contributed by atoms with van der Waals surface area (Å²) in [6.07, 6.45) is 2.28. The number of hydrogen-bond acceptors (Lipinski definition) is 1. The molecule has 0 unspecified atom stereocenters. The predicted molar refractivity (Wildman–Crippen MR) is 69.7 cm³/mol. The molecule has 86 valence electrons. The van der Waals surface area contributed by atoms with Gasteiger partial charge >= 0.3 is 0 Å². The number of nitrogens with zero attached hydrogens (tertiary/aromatic N) is 1. The molecular weight excluding hydrogens is 208 g/mol. The second kappa shape index (κ2) is 4.88. The zero-order chi connectivity index (χ0) is 12.3.